The molecule has 0 spiro atoms. The van der Waals surface area contributed by atoms with Crippen LogP contribution >= 0.6 is 0 Å². The number of hydrogen-bond donors (Lipinski definition) is 1. The highest BCUT2D eigenvalue weighted by Crippen LogP contribution is 2.27. The minimum atomic E-state index is -0.0489. The van der Waals surface area contributed by atoms with Crippen molar-refractivity contribution in [3.63, 3.8) is 0 Å². The molecule has 0 aromatic carbocycles. The Hall–Kier alpha value is -1.62. The third-order valence-corrected chi connectivity index (χ3v) is 4.61. The third-order valence-electron chi connectivity index (χ3n) is 4.61. The van der Waals surface area contributed by atoms with E-state index in [-0.39, 0.29) is 11.9 Å². The van der Waals surface area contributed by atoms with Gasteiger partial charge in [-0.2, -0.15) is 0 Å². The van der Waals surface area contributed by atoms with Gasteiger partial charge < -0.3 is 15.0 Å². The van der Waals surface area contributed by atoms with Gasteiger partial charge in [-0.3, -0.25) is 4.79 Å². The van der Waals surface area contributed by atoms with Crippen LogP contribution in [0.1, 0.15) is 28.9 Å². The Kier molecular flexibility index (Phi) is 2.88. The molecule has 3 unspecified atom stereocenters. The number of nitrogens with zero attached hydrogens (tertiary/aromatic N) is 2. The van der Waals surface area contributed by atoms with Gasteiger partial charge in [0.05, 0.1) is 12.8 Å². The Labute approximate surface area is 118 Å². The van der Waals surface area contributed by atoms with Crippen molar-refractivity contribution in [2.24, 2.45) is 5.92 Å². The summed E-state index contributed by atoms with van der Waals surface area (Å²) in [5, 5.41) is 3.14. The fraction of sp³-hybridized carbons (Fsp3) is 0.600. The molecular weight excluding hydrogens is 254 g/mol. The lowest BCUT2D eigenvalue weighted by Crippen LogP contribution is -2.47. The molecule has 3 aliphatic heterocycles. The van der Waals surface area contributed by atoms with Crippen molar-refractivity contribution in [2.75, 3.05) is 26.2 Å². The molecule has 0 saturated carbocycles. The summed E-state index contributed by atoms with van der Waals surface area (Å²) in [4.78, 5) is 19.0. The summed E-state index contributed by atoms with van der Waals surface area (Å²) in [6, 6.07) is 2.14. The molecule has 0 aliphatic carbocycles. The summed E-state index contributed by atoms with van der Waals surface area (Å²) < 4.78 is 5.42. The molecule has 20 heavy (non-hydrogen) atoms. The average Bonchev–Trinajstić information content (AvgIpc) is 3.04. The van der Waals surface area contributed by atoms with Crippen molar-refractivity contribution in [2.45, 2.75) is 25.3 Å². The lowest BCUT2D eigenvalue weighted by atomic mass is 9.97. The van der Waals surface area contributed by atoms with Crippen LogP contribution in [-0.2, 0) is 6.42 Å². The summed E-state index contributed by atoms with van der Waals surface area (Å²) in [6.45, 7) is 4.07. The van der Waals surface area contributed by atoms with Crippen LogP contribution in [0.5, 0.6) is 5.75 Å². The number of ether oxygens (including phenoxy) is 1. The topological polar surface area (TPSA) is 54.5 Å². The SMILES string of the molecule is O=C(NC1CC2CCN(C2)C1)c1cc2c(cn1)OCC2. The van der Waals surface area contributed by atoms with Crippen molar-refractivity contribution >= 4 is 5.91 Å². The Bertz CT molecular complexity index is 534. The van der Waals surface area contributed by atoms with Gasteiger partial charge in [0.1, 0.15) is 11.4 Å². The Morgan fingerprint density at radius 3 is 3.30 bits per heavy atom. The molecule has 1 amide bonds. The Morgan fingerprint density at radius 1 is 1.45 bits per heavy atom. The second kappa shape index (κ2) is 4.74. The van der Waals surface area contributed by atoms with Crippen LogP contribution in [0.4, 0.5) is 0 Å². The second-order valence-corrected chi connectivity index (χ2v) is 6.10. The first-order valence-corrected chi connectivity index (χ1v) is 7.43. The maximum Gasteiger partial charge on any atom is 0.270 e. The Balaban J connectivity index is 1.45. The number of fused-ring (bicyclic) bond motifs is 3. The van der Waals surface area contributed by atoms with Crippen molar-refractivity contribution < 1.29 is 9.53 Å². The molecule has 1 N–H and O–H groups in total. The highest BCUT2D eigenvalue weighted by Gasteiger charge is 2.33. The van der Waals surface area contributed by atoms with E-state index in [9.17, 15) is 4.79 Å². The van der Waals surface area contributed by atoms with E-state index in [1.807, 2.05) is 6.07 Å². The molecule has 1 aromatic heterocycles. The molecule has 1 aromatic rings. The fourth-order valence-corrected chi connectivity index (χ4v) is 3.63. The number of rotatable bonds is 2. The van der Waals surface area contributed by atoms with E-state index in [0.717, 1.165) is 36.6 Å². The highest BCUT2D eigenvalue weighted by atomic mass is 16.5. The lowest BCUT2D eigenvalue weighted by Gasteiger charge is -2.30. The van der Waals surface area contributed by atoms with Crippen LogP contribution in [0.15, 0.2) is 12.3 Å². The number of carbonyl (C=O) groups excluding carboxylic acids is 1. The fourth-order valence-electron chi connectivity index (χ4n) is 3.63. The molecule has 5 heteroatoms. The standard InChI is InChI=1S/C15H19N3O2/c19-15(13-6-11-2-4-20-14(11)7-16-13)17-12-5-10-1-3-18(8-10)9-12/h6-7,10,12H,1-5,8-9H2,(H,17,19). The van der Waals surface area contributed by atoms with Crippen LogP contribution in [-0.4, -0.2) is 48.1 Å². The van der Waals surface area contributed by atoms with Gasteiger partial charge >= 0.3 is 0 Å². The maximum absolute atomic E-state index is 12.3. The van der Waals surface area contributed by atoms with Crippen LogP contribution in [0.25, 0.3) is 0 Å². The van der Waals surface area contributed by atoms with Gasteiger partial charge in [-0.15, -0.1) is 0 Å². The normalized spacial score (nSPS) is 30.7. The molecular formula is C15H19N3O2. The minimum absolute atomic E-state index is 0.0489. The third kappa shape index (κ3) is 2.16. The van der Waals surface area contributed by atoms with Crippen LogP contribution in [0.3, 0.4) is 0 Å². The average molecular weight is 273 g/mol. The number of carbonyl (C=O) groups is 1. The van der Waals surface area contributed by atoms with Crippen LogP contribution in [0, 0.1) is 5.92 Å². The summed E-state index contributed by atoms with van der Waals surface area (Å²) in [7, 11) is 0. The van der Waals surface area contributed by atoms with Gasteiger partial charge in [-0.1, -0.05) is 0 Å². The zero-order chi connectivity index (χ0) is 13.5. The lowest BCUT2D eigenvalue weighted by molar-refractivity contribution is 0.0904. The quantitative estimate of drug-likeness (QED) is 0.867. The summed E-state index contributed by atoms with van der Waals surface area (Å²) in [5.41, 5.74) is 1.61. The predicted octanol–water partition coefficient (Wildman–Crippen LogP) is 0.840. The van der Waals surface area contributed by atoms with E-state index in [4.69, 9.17) is 4.74 Å². The molecule has 3 aliphatic rings. The van der Waals surface area contributed by atoms with Crippen molar-refractivity contribution in [3.05, 3.63) is 23.5 Å². The molecule has 2 saturated heterocycles. The molecule has 5 nitrogen and oxygen atoms in total. The molecule has 106 valence electrons. The van der Waals surface area contributed by atoms with Gasteiger partial charge in [-0.05, 0) is 31.4 Å². The predicted molar refractivity (Wildman–Crippen MR) is 73.9 cm³/mol. The molecule has 2 fully saturated rings. The Morgan fingerprint density at radius 2 is 2.40 bits per heavy atom. The number of pyridine rings is 1. The first-order valence-electron chi connectivity index (χ1n) is 7.43. The number of piperidine rings is 1. The van der Waals surface area contributed by atoms with Gasteiger partial charge in [0.25, 0.3) is 5.91 Å². The van der Waals surface area contributed by atoms with E-state index < -0.39 is 0 Å². The van der Waals surface area contributed by atoms with E-state index in [2.05, 4.69) is 15.2 Å². The molecule has 3 atom stereocenters. The molecule has 4 heterocycles. The van der Waals surface area contributed by atoms with E-state index in [1.54, 1.807) is 6.20 Å². The van der Waals surface area contributed by atoms with Crippen molar-refractivity contribution in [1.82, 2.24) is 15.2 Å². The second-order valence-electron chi connectivity index (χ2n) is 6.10. The van der Waals surface area contributed by atoms with Crippen molar-refractivity contribution in [3.8, 4) is 5.75 Å². The summed E-state index contributed by atoms with van der Waals surface area (Å²) >= 11 is 0. The summed E-state index contributed by atoms with van der Waals surface area (Å²) in [5.74, 6) is 1.53. The van der Waals surface area contributed by atoms with Gasteiger partial charge in [-0.25, -0.2) is 4.98 Å². The summed E-state index contributed by atoms with van der Waals surface area (Å²) in [6.07, 6.45) is 4.93. The number of amides is 1. The van der Waals surface area contributed by atoms with Crippen molar-refractivity contribution in [1.29, 1.82) is 0 Å². The first-order chi connectivity index (χ1) is 9.78. The first kappa shape index (κ1) is 12.1. The number of hydrogen-bond acceptors (Lipinski definition) is 4. The van der Waals surface area contributed by atoms with E-state index in [1.165, 1.54) is 19.5 Å². The smallest absolute Gasteiger partial charge is 0.270 e. The van der Waals surface area contributed by atoms with E-state index >= 15 is 0 Å². The maximum atomic E-state index is 12.3. The van der Waals surface area contributed by atoms with Crippen LogP contribution < -0.4 is 10.1 Å². The molecule has 0 radical (unpaired) electrons. The molecule has 2 bridgehead atoms. The highest BCUT2D eigenvalue weighted by molar-refractivity contribution is 5.92. The number of nitrogens with one attached hydrogen (secondary N) is 1. The zero-order valence-corrected chi connectivity index (χ0v) is 11.5. The zero-order valence-electron chi connectivity index (χ0n) is 11.5. The van der Waals surface area contributed by atoms with E-state index in [0.29, 0.717) is 12.3 Å². The van der Waals surface area contributed by atoms with Gasteiger partial charge in [0.2, 0.25) is 0 Å². The molecule has 4 rings (SSSR count). The minimum Gasteiger partial charge on any atom is -0.491 e. The largest absolute Gasteiger partial charge is 0.491 e. The number of aromatic nitrogens is 1. The monoisotopic (exact) mass is 273 g/mol. The van der Waals surface area contributed by atoms with Gasteiger partial charge in [0.15, 0.2) is 0 Å². The van der Waals surface area contributed by atoms with Gasteiger partial charge in [0, 0.05) is 31.1 Å². The van der Waals surface area contributed by atoms with Crippen LogP contribution in [0.2, 0.25) is 0 Å².